The Bertz CT molecular complexity index is 1060. The van der Waals surface area contributed by atoms with Gasteiger partial charge in [0.05, 0.1) is 12.7 Å². The third-order valence-corrected chi connectivity index (χ3v) is 8.50. The van der Waals surface area contributed by atoms with E-state index < -0.39 is 0 Å². The van der Waals surface area contributed by atoms with Crippen LogP contribution in [0, 0.1) is 17.8 Å². The molecule has 2 amide bonds. The lowest BCUT2D eigenvalue weighted by Crippen LogP contribution is -2.36. The number of rotatable bonds is 8. The summed E-state index contributed by atoms with van der Waals surface area (Å²) in [5.41, 5.74) is 1.87. The van der Waals surface area contributed by atoms with E-state index in [0.29, 0.717) is 34.7 Å². The van der Waals surface area contributed by atoms with E-state index in [1.54, 1.807) is 25.3 Å². The fraction of sp³-hybridized carbons (Fsp3) is 0.517. The zero-order valence-electron chi connectivity index (χ0n) is 21.0. The molecule has 3 aliphatic rings. The molecule has 2 aliphatic heterocycles. The van der Waals surface area contributed by atoms with Crippen molar-refractivity contribution in [3.63, 3.8) is 0 Å². The van der Waals surface area contributed by atoms with E-state index in [2.05, 4.69) is 40.5 Å². The molecule has 2 aromatic carbocycles. The van der Waals surface area contributed by atoms with Crippen LogP contribution in [-0.4, -0.2) is 61.4 Å². The summed E-state index contributed by atoms with van der Waals surface area (Å²) in [6, 6.07) is 16.1. The number of halogens is 1. The zero-order chi connectivity index (χ0) is 25.1. The first-order chi connectivity index (χ1) is 17.5. The number of methoxy groups -OCH3 is 1. The molecule has 0 aromatic heterocycles. The smallest absolute Gasteiger partial charge is 0.257 e. The number of carbonyl (C=O) groups is 2. The Morgan fingerprint density at radius 3 is 2.39 bits per heavy atom. The van der Waals surface area contributed by atoms with E-state index in [0.717, 1.165) is 45.4 Å². The van der Waals surface area contributed by atoms with Gasteiger partial charge in [-0.2, -0.15) is 0 Å². The Hall–Kier alpha value is -2.57. The first-order valence-electron chi connectivity index (χ1n) is 13.2. The SMILES string of the molecule is COc1cc(Cl)ccc1C(=O)N1CC2CN([C@@H](CCNC(=O)C3CCCC3)c3ccccc3)CC2C1. The number of ether oxygens (including phenoxy) is 1. The van der Waals surface area contributed by atoms with Gasteiger partial charge in [-0.15, -0.1) is 0 Å². The number of hydrogen-bond donors (Lipinski definition) is 1. The van der Waals surface area contributed by atoms with E-state index in [1.165, 1.54) is 18.4 Å². The molecular weight excluding hydrogens is 474 g/mol. The van der Waals surface area contributed by atoms with Crippen LogP contribution in [0.15, 0.2) is 48.5 Å². The van der Waals surface area contributed by atoms with Gasteiger partial charge in [0, 0.05) is 49.7 Å². The lowest BCUT2D eigenvalue weighted by Gasteiger charge is -2.30. The van der Waals surface area contributed by atoms with Crippen LogP contribution in [0.25, 0.3) is 0 Å². The number of nitrogens with one attached hydrogen (secondary N) is 1. The number of likely N-dealkylation sites (tertiary alicyclic amines) is 2. The summed E-state index contributed by atoms with van der Waals surface area (Å²) in [6.45, 7) is 4.13. The van der Waals surface area contributed by atoms with Crippen LogP contribution in [-0.2, 0) is 4.79 Å². The minimum atomic E-state index is 0.0127. The van der Waals surface area contributed by atoms with Crippen molar-refractivity contribution >= 4 is 23.4 Å². The lowest BCUT2D eigenvalue weighted by molar-refractivity contribution is -0.124. The highest BCUT2D eigenvalue weighted by molar-refractivity contribution is 6.30. The van der Waals surface area contributed by atoms with Crippen LogP contribution >= 0.6 is 11.6 Å². The van der Waals surface area contributed by atoms with E-state index >= 15 is 0 Å². The molecule has 2 heterocycles. The van der Waals surface area contributed by atoms with Crippen LogP contribution in [0.2, 0.25) is 5.02 Å². The fourth-order valence-corrected chi connectivity index (χ4v) is 6.52. The van der Waals surface area contributed by atoms with Gasteiger partial charge in [0.25, 0.3) is 5.91 Å². The highest BCUT2D eigenvalue weighted by Crippen LogP contribution is 2.38. The van der Waals surface area contributed by atoms with Crippen molar-refractivity contribution in [2.45, 2.75) is 38.1 Å². The van der Waals surface area contributed by atoms with Crippen molar-refractivity contribution in [1.82, 2.24) is 15.1 Å². The molecule has 36 heavy (non-hydrogen) atoms. The maximum Gasteiger partial charge on any atom is 0.257 e. The second-order valence-corrected chi connectivity index (χ2v) is 11.0. The normalized spacial score (nSPS) is 23.0. The van der Waals surface area contributed by atoms with Gasteiger partial charge in [-0.25, -0.2) is 0 Å². The molecule has 1 saturated carbocycles. The Morgan fingerprint density at radius 1 is 1.03 bits per heavy atom. The van der Waals surface area contributed by atoms with Crippen LogP contribution in [0.5, 0.6) is 5.75 Å². The molecule has 2 saturated heterocycles. The standard InChI is InChI=1S/C29H36ClN3O3/c1-36-27-15-24(30)11-12-25(27)29(35)33-18-22-16-32(17-23(22)19-33)26(20-7-3-2-4-8-20)13-14-31-28(34)21-9-5-6-10-21/h2-4,7-8,11-12,15,21-23,26H,5-6,9-10,13-14,16-19H2,1H3,(H,31,34)/t22?,23?,26-/m0/s1. The molecule has 2 aromatic rings. The van der Waals surface area contributed by atoms with Gasteiger partial charge in [-0.3, -0.25) is 14.5 Å². The monoisotopic (exact) mass is 509 g/mol. The Kier molecular flexibility index (Phi) is 7.82. The van der Waals surface area contributed by atoms with Gasteiger partial charge < -0.3 is 15.0 Å². The van der Waals surface area contributed by atoms with E-state index in [9.17, 15) is 9.59 Å². The molecule has 3 fully saturated rings. The summed E-state index contributed by atoms with van der Waals surface area (Å²) in [7, 11) is 1.57. The molecular formula is C29H36ClN3O3. The summed E-state index contributed by atoms with van der Waals surface area (Å²) in [5.74, 6) is 1.87. The van der Waals surface area contributed by atoms with E-state index in [1.807, 2.05) is 4.90 Å². The molecule has 6 nitrogen and oxygen atoms in total. The van der Waals surface area contributed by atoms with Gasteiger partial charge in [0.2, 0.25) is 5.91 Å². The third-order valence-electron chi connectivity index (χ3n) is 8.26. The minimum Gasteiger partial charge on any atom is -0.496 e. The van der Waals surface area contributed by atoms with Crippen LogP contribution in [0.4, 0.5) is 0 Å². The van der Waals surface area contributed by atoms with Crippen LogP contribution in [0.1, 0.15) is 54.1 Å². The molecule has 2 unspecified atom stereocenters. The minimum absolute atomic E-state index is 0.0127. The first kappa shape index (κ1) is 25.1. The molecule has 0 radical (unpaired) electrons. The predicted molar refractivity (Wildman–Crippen MR) is 141 cm³/mol. The number of nitrogens with zero attached hydrogens (tertiary/aromatic N) is 2. The number of benzene rings is 2. The molecule has 7 heteroatoms. The average Bonchev–Trinajstić information content (AvgIpc) is 3.64. The van der Waals surface area contributed by atoms with Crippen molar-refractivity contribution in [2.75, 3.05) is 39.8 Å². The molecule has 5 rings (SSSR count). The number of amides is 2. The summed E-state index contributed by atoms with van der Waals surface area (Å²) in [4.78, 5) is 30.4. The average molecular weight is 510 g/mol. The van der Waals surface area contributed by atoms with E-state index in [4.69, 9.17) is 16.3 Å². The van der Waals surface area contributed by atoms with Crippen molar-refractivity contribution in [3.05, 3.63) is 64.7 Å². The van der Waals surface area contributed by atoms with Crippen LogP contribution < -0.4 is 10.1 Å². The van der Waals surface area contributed by atoms with Crippen molar-refractivity contribution in [3.8, 4) is 5.75 Å². The zero-order valence-corrected chi connectivity index (χ0v) is 21.8. The lowest BCUT2D eigenvalue weighted by atomic mass is 10.0. The Balaban J connectivity index is 1.21. The topological polar surface area (TPSA) is 61.9 Å². The van der Waals surface area contributed by atoms with Crippen molar-refractivity contribution in [1.29, 1.82) is 0 Å². The fourth-order valence-electron chi connectivity index (χ4n) is 6.36. The van der Waals surface area contributed by atoms with Gasteiger partial charge in [-0.05, 0) is 54.9 Å². The first-order valence-corrected chi connectivity index (χ1v) is 13.6. The predicted octanol–water partition coefficient (Wildman–Crippen LogP) is 4.79. The van der Waals surface area contributed by atoms with Crippen molar-refractivity contribution in [2.24, 2.45) is 17.8 Å². The summed E-state index contributed by atoms with van der Waals surface area (Å²) >= 11 is 6.09. The van der Waals surface area contributed by atoms with Gasteiger partial charge in [0.1, 0.15) is 5.75 Å². The second-order valence-electron chi connectivity index (χ2n) is 10.5. The van der Waals surface area contributed by atoms with Gasteiger partial charge >= 0.3 is 0 Å². The van der Waals surface area contributed by atoms with Crippen LogP contribution in [0.3, 0.4) is 0 Å². The number of fused-ring (bicyclic) bond motifs is 1. The van der Waals surface area contributed by atoms with E-state index in [-0.39, 0.29) is 23.8 Å². The third kappa shape index (κ3) is 5.40. The molecule has 0 bridgehead atoms. The number of carbonyl (C=O) groups excluding carboxylic acids is 2. The summed E-state index contributed by atoms with van der Waals surface area (Å²) in [6.07, 6.45) is 5.30. The molecule has 1 N–H and O–H groups in total. The maximum absolute atomic E-state index is 13.3. The second kappa shape index (κ2) is 11.2. The number of hydrogen-bond acceptors (Lipinski definition) is 4. The largest absolute Gasteiger partial charge is 0.496 e. The maximum atomic E-state index is 13.3. The highest BCUT2D eigenvalue weighted by Gasteiger charge is 2.44. The molecule has 192 valence electrons. The highest BCUT2D eigenvalue weighted by atomic mass is 35.5. The quantitative estimate of drug-likeness (QED) is 0.555. The van der Waals surface area contributed by atoms with Gasteiger partial charge in [0.15, 0.2) is 0 Å². The Morgan fingerprint density at radius 2 is 1.72 bits per heavy atom. The van der Waals surface area contributed by atoms with Gasteiger partial charge in [-0.1, -0.05) is 54.8 Å². The Labute approximate surface area is 218 Å². The molecule has 0 spiro atoms. The molecule has 1 aliphatic carbocycles. The molecule has 3 atom stereocenters. The summed E-state index contributed by atoms with van der Waals surface area (Å²) < 4.78 is 5.42. The summed E-state index contributed by atoms with van der Waals surface area (Å²) in [5, 5.41) is 3.77. The van der Waals surface area contributed by atoms with Crippen molar-refractivity contribution < 1.29 is 14.3 Å².